The Morgan fingerprint density at radius 3 is 2.20 bits per heavy atom. The van der Waals surface area contributed by atoms with E-state index in [1.807, 2.05) is 30.3 Å². The topological polar surface area (TPSA) is 44.8 Å². The SMILES string of the molecule is O=Cc1ccc(OCc2ccc(OC(F)(F)F)cc2)c(OCCc2ccccc2)c1. The van der Waals surface area contributed by atoms with Gasteiger partial charge in [-0.25, -0.2) is 0 Å². The first-order valence-corrected chi connectivity index (χ1v) is 9.16. The number of benzene rings is 3. The van der Waals surface area contributed by atoms with Crippen molar-refractivity contribution in [1.29, 1.82) is 0 Å². The summed E-state index contributed by atoms with van der Waals surface area (Å²) in [6, 6.07) is 20.0. The van der Waals surface area contributed by atoms with Crippen LogP contribution in [-0.4, -0.2) is 19.3 Å². The maximum Gasteiger partial charge on any atom is 0.573 e. The Morgan fingerprint density at radius 2 is 1.53 bits per heavy atom. The second kappa shape index (κ2) is 9.82. The smallest absolute Gasteiger partial charge is 0.489 e. The Balaban J connectivity index is 1.62. The van der Waals surface area contributed by atoms with Crippen LogP contribution >= 0.6 is 0 Å². The molecule has 156 valence electrons. The predicted octanol–water partition coefficient (Wildman–Crippen LogP) is 5.60. The molecule has 3 rings (SSSR count). The highest BCUT2D eigenvalue weighted by Gasteiger charge is 2.30. The summed E-state index contributed by atoms with van der Waals surface area (Å²) >= 11 is 0. The van der Waals surface area contributed by atoms with Gasteiger partial charge in [0.05, 0.1) is 6.61 Å². The van der Waals surface area contributed by atoms with E-state index in [4.69, 9.17) is 9.47 Å². The van der Waals surface area contributed by atoms with Gasteiger partial charge >= 0.3 is 6.36 Å². The molecule has 0 saturated carbocycles. The van der Waals surface area contributed by atoms with E-state index in [9.17, 15) is 18.0 Å². The second-order valence-corrected chi connectivity index (χ2v) is 6.39. The molecule has 4 nitrogen and oxygen atoms in total. The van der Waals surface area contributed by atoms with Crippen molar-refractivity contribution in [3.05, 3.63) is 89.5 Å². The van der Waals surface area contributed by atoms with E-state index >= 15 is 0 Å². The predicted molar refractivity (Wildman–Crippen MR) is 105 cm³/mol. The van der Waals surface area contributed by atoms with Crippen LogP contribution in [0.15, 0.2) is 72.8 Å². The van der Waals surface area contributed by atoms with E-state index in [1.165, 1.54) is 24.3 Å². The molecule has 0 aliphatic heterocycles. The van der Waals surface area contributed by atoms with E-state index in [-0.39, 0.29) is 12.4 Å². The Kier molecular flexibility index (Phi) is 6.95. The highest BCUT2D eigenvalue weighted by molar-refractivity contribution is 5.76. The Labute approximate surface area is 171 Å². The van der Waals surface area contributed by atoms with Crippen molar-refractivity contribution in [1.82, 2.24) is 0 Å². The molecule has 0 unspecified atom stereocenters. The quantitative estimate of drug-likeness (QED) is 0.426. The van der Waals surface area contributed by atoms with Gasteiger partial charge in [-0.05, 0) is 41.5 Å². The molecule has 0 aliphatic carbocycles. The standard InChI is InChI=1S/C23H19F3O4/c24-23(25,26)30-20-9-6-18(7-10-20)16-29-21-11-8-19(15-27)14-22(21)28-13-12-17-4-2-1-3-5-17/h1-11,14-15H,12-13,16H2. The van der Waals surface area contributed by atoms with Crippen LogP contribution in [0.3, 0.4) is 0 Å². The van der Waals surface area contributed by atoms with E-state index in [0.29, 0.717) is 41.9 Å². The van der Waals surface area contributed by atoms with Gasteiger partial charge in [0.2, 0.25) is 0 Å². The van der Waals surface area contributed by atoms with E-state index in [1.54, 1.807) is 18.2 Å². The lowest BCUT2D eigenvalue weighted by molar-refractivity contribution is -0.274. The maximum absolute atomic E-state index is 12.2. The normalized spacial score (nSPS) is 11.0. The number of carbonyl (C=O) groups is 1. The van der Waals surface area contributed by atoms with Crippen LogP contribution in [-0.2, 0) is 13.0 Å². The number of hydrogen-bond acceptors (Lipinski definition) is 4. The fraction of sp³-hybridized carbons (Fsp3) is 0.174. The minimum Gasteiger partial charge on any atom is -0.489 e. The molecule has 3 aromatic carbocycles. The number of alkyl halides is 3. The molecule has 0 amide bonds. The summed E-state index contributed by atoms with van der Waals surface area (Å²) in [5.41, 5.74) is 2.22. The molecular formula is C23H19F3O4. The molecule has 0 aliphatic rings. The summed E-state index contributed by atoms with van der Waals surface area (Å²) in [5, 5.41) is 0. The van der Waals surface area contributed by atoms with Crippen LogP contribution < -0.4 is 14.2 Å². The number of carbonyl (C=O) groups excluding carboxylic acids is 1. The van der Waals surface area contributed by atoms with Gasteiger partial charge in [0.1, 0.15) is 18.6 Å². The van der Waals surface area contributed by atoms with Gasteiger partial charge in [0.25, 0.3) is 0 Å². The van der Waals surface area contributed by atoms with Crippen molar-refractivity contribution in [2.24, 2.45) is 0 Å². The number of hydrogen-bond donors (Lipinski definition) is 0. The van der Waals surface area contributed by atoms with Crippen LogP contribution in [0.25, 0.3) is 0 Å². The number of ether oxygens (including phenoxy) is 3. The third-order valence-corrected chi connectivity index (χ3v) is 4.15. The fourth-order valence-corrected chi connectivity index (χ4v) is 2.70. The first kappa shape index (κ1) is 21.2. The zero-order chi connectivity index (χ0) is 21.4. The Morgan fingerprint density at radius 1 is 0.800 bits per heavy atom. The van der Waals surface area contributed by atoms with Crippen LogP contribution in [0, 0.1) is 0 Å². The highest BCUT2D eigenvalue weighted by atomic mass is 19.4. The first-order valence-electron chi connectivity index (χ1n) is 9.16. The van der Waals surface area contributed by atoms with Crippen LogP contribution in [0.2, 0.25) is 0 Å². The van der Waals surface area contributed by atoms with Crippen LogP contribution in [0.1, 0.15) is 21.5 Å². The van der Waals surface area contributed by atoms with Crippen molar-refractivity contribution in [3.8, 4) is 17.2 Å². The lowest BCUT2D eigenvalue weighted by Gasteiger charge is -2.14. The minimum atomic E-state index is -4.73. The molecule has 0 saturated heterocycles. The molecule has 0 fully saturated rings. The molecule has 7 heteroatoms. The second-order valence-electron chi connectivity index (χ2n) is 6.39. The zero-order valence-electron chi connectivity index (χ0n) is 15.9. The Hall–Kier alpha value is -3.48. The van der Waals surface area contributed by atoms with E-state index in [0.717, 1.165) is 5.56 Å². The van der Waals surface area contributed by atoms with Crippen molar-refractivity contribution in [2.45, 2.75) is 19.4 Å². The van der Waals surface area contributed by atoms with Crippen LogP contribution in [0.4, 0.5) is 13.2 Å². The molecular weight excluding hydrogens is 397 g/mol. The average molecular weight is 416 g/mol. The summed E-state index contributed by atoms with van der Waals surface area (Å²) in [6.45, 7) is 0.508. The van der Waals surface area contributed by atoms with Gasteiger partial charge in [0, 0.05) is 12.0 Å². The van der Waals surface area contributed by atoms with Crippen molar-refractivity contribution in [2.75, 3.05) is 6.61 Å². The van der Waals surface area contributed by atoms with E-state index < -0.39 is 6.36 Å². The van der Waals surface area contributed by atoms with Gasteiger partial charge in [-0.2, -0.15) is 0 Å². The van der Waals surface area contributed by atoms with Crippen molar-refractivity contribution >= 4 is 6.29 Å². The fourth-order valence-electron chi connectivity index (χ4n) is 2.70. The number of halogens is 3. The molecule has 0 atom stereocenters. The van der Waals surface area contributed by atoms with Crippen LogP contribution in [0.5, 0.6) is 17.2 Å². The van der Waals surface area contributed by atoms with E-state index in [2.05, 4.69) is 4.74 Å². The summed E-state index contributed by atoms with van der Waals surface area (Å²) in [5.74, 6) is 0.559. The number of rotatable bonds is 9. The van der Waals surface area contributed by atoms with Gasteiger partial charge in [-0.15, -0.1) is 13.2 Å². The van der Waals surface area contributed by atoms with Gasteiger partial charge in [-0.1, -0.05) is 42.5 Å². The van der Waals surface area contributed by atoms with Gasteiger partial charge in [-0.3, -0.25) is 4.79 Å². The number of aldehydes is 1. The third kappa shape index (κ3) is 6.55. The third-order valence-electron chi connectivity index (χ3n) is 4.15. The van der Waals surface area contributed by atoms with Crippen molar-refractivity contribution < 1.29 is 32.2 Å². The minimum absolute atomic E-state index is 0.113. The summed E-state index contributed by atoms with van der Waals surface area (Å²) in [6.07, 6.45) is -3.33. The molecule has 0 aromatic heterocycles. The molecule has 0 radical (unpaired) electrons. The largest absolute Gasteiger partial charge is 0.573 e. The van der Waals surface area contributed by atoms with Gasteiger partial charge < -0.3 is 14.2 Å². The van der Waals surface area contributed by atoms with Crippen molar-refractivity contribution in [3.63, 3.8) is 0 Å². The monoisotopic (exact) mass is 416 g/mol. The highest BCUT2D eigenvalue weighted by Crippen LogP contribution is 2.29. The summed E-state index contributed by atoms with van der Waals surface area (Å²) in [4.78, 5) is 11.1. The molecule has 0 N–H and O–H groups in total. The maximum atomic E-state index is 12.2. The summed E-state index contributed by atoms with van der Waals surface area (Å²) in [7, 11) is 0. The average Bonchev–Trinajstić information content (AvgIpc) is 2.73. The molecule has 30 heavy (non-hydrogen) atoms. The molecule has 3 aromatic rings. The lowest BCUT2D eigenvalue weighted by atomic mass is 10.2. The molecule has 0 heterocycles. The van der Waals surface area contributed by atoms with Gasteiger partial charge in [0.15, 0.2) is 11.5 Å². The summed E-state index contributed by atoms with van der Waals surface area (Å²) < 4.78 is 52.2. The zero-order valence-corrected chi connectivity index (χ0v) is 15.9. The lowest BCUT2D eigenvalue weighted by Crippen LogP contribution is -2.17. The Bertz CT molecular complexity index is 954. The molecule has 0 spiro atoms. The molecule has 0 bridgehead atoms. The first-order chi connectivity index (χ1) is 14.4.